The van der Waals surface area contributed by atoms with E-state index >= 15 is 9.59 Å². The third-order valence-corrected chi connectivity index (χ3v) is 14.7. The average molecular weight is 966 g/mol. The monoisotopic (exact) mass is 965 g/mol. The molecular weight excluding hydrogens is 865 g/mol. The van der Waals surface area contributed by atoms with Gasteiger partial charge in [0.1, 0.15) is 0 Å². The first-order chi connectivity index (χ1) is 34.3. The highest BCUT2D eigenvalue weighted by atomic mass is 16.5. The van der Waals surface area contributed by atoms with E-state index in [1.54, 1.807) is 0 Å². The minimum atomic E-state index is -0.393. The normalized spacial score (nSPS) is 11.7. The molecule has 0 aliphatic heterocycles. The van der Waals surface area contributed by atoms with Crippen LogP contribution >= 0.6 is 0 Å². The van der Waals surface area contributed by atoms with E-state index in [1.165, 1.54) is 103 Å². The second-order valence-corrected chi connectivity index (χ2v) is 20.8. The van der Waals surface area contributed by atoms with Crippen molar-refractivity contribution in [2.45, 2.75) is 287 Å². The van der Waals surface area contributed by atoms with E-state index in [9.17, 15) is 0 Å². The zero-order chi connectivity index (χ0) is 50.4. The van der Waals surface area contributed by atoms with Gasteiger partial charge in [0.2, 0.25) is 0 Å². The highest BCUT2D eigenvalue weighted by Gasteiger charge is 2.31. The predicted octanol–water partition coefficient (Wildman–Crippen LogP) is 18.4. The zero-order valence-corrected chi connectivity index (χ0v) is 46.3. The Kier molecular flexibility index (Phi) is 29.1. The first kappa shape index (κ1) is 58.9. The molecule has 0 saturated carbocycles. The van der Waals surface area contributed by atoms with Crippen LogP contribution < -0.4 is 0 Å². The fourth-order valence-electron chi connectivity index (χ4n) is 10.4. The average Bonchev–Trinajstić information content (AvgIpc) is 3.36. The van der Waals surface area contributed by atoms with Gasteiger partial charge in [0.05, 0.1) is 69.2 Å². The molecule has 0 spiro atoms. The summed E-state index contributed by atoms with van der Waals surface area (Å²) in [6.07, 6.45) is 40.0. The van der Waals surface area contributed by atoms with E-state index in [-0.39, 0.29) is 0 Å². The van der Waals surface area contributed by atoms with E-state index in [2.05, 4.69) is 41.5 Å². The van der Waals surface area contributed by atoms with Gasteiger partial charge in [-0.05, 0) is 89.2 Å². The summed E-state index contributed by atoms with van der Waals surface area (Å²) in [6, 6.07) is 0. The number of aromatic nitrogens is 4. The second-order valence-electron chi connectivity index (χ2n) is 20.8. The molecule has 392 valence electrons. The highest BCUT2D eigenvalue weighted by Crippen LogP contribution is 2.41. The lowest BCUT2D eigenvalue weighted by atomic mass is 9.89. The molecule has 0 fully saturated rings. The smallest absolute Gasteiger partial charge is 0.339 e. The molecule has 0 saturated heterocycles. The first-order valence-corrected chi connectivity index (χ1v) is 29.6. The van der Waals surface area contributed by atoms with E-state index in [1.807, 2.05) is 13.8 Å². The van der Waals surface area contributed by atoms with Crippen molar-refractivity contribution in [1.82, 2.24) is 19.9 Å². The number of esters is 2. The van der Waals surface area contributed by atoms with E-state index < -0.39 is 11.9 Å². The van der Waals surface area contributed by atoms with Crippen LogP contribution in [-0.2, 0) is 35.2 Å². The Labute approximate surface area is 426 Å². The lowest BCUT2D eigenvalue weighted by Crippen LogP contribution is -2.16. The summed E-state index contributed by atoms with van der Waals surface area (Å²) >= 11 is 0. The summed E-state index contributed by atoms with van der Waals surface area (Å²) in [4.78, 5) is 52.4. The number of carbonyl (C=O) groups is 2. The molecule has 0 amide bonds. The van der Waals surface area contributed by atoms with Gasteiger partial charge in [-0.15, -0.1) is 0 Å². The molecule has 0 radical (unpaired) electrons. The van der Waals surface area contributed by atoms with Crippen LogP contribution in [0.25, 0.3) is 32.8 Å². The Morgan fingerprint density at radius 1 is 0.314 bits per heavy atom. The van der Waals surface area contributed by atoms with Crippen LogP contribution in [0, 0.1) is 13.8 Å². The van der Waals surface area contributed by atoms with Crippen LogP contribution in [0.1, 0.15) is 302 Å². The molecule has 2 heterocycles. The highest BCUT2D eigenvalue weighted by molar-refractivity contribution is 6.28. The molecule has 70 heavy (non-hydrogen) atoms. The first-order valence-electron chi connectivity index (χ1n) is 29.6. The maximum atomic E-state index is 15.0. The van der Waals surface area contributed by atoms with Gasteiger partial charge in [0.15, 0.2) is 0 Å². The summed E-state index contributed by atoms with van der Waals surface area (Å²) in [7, 11) is 0. The molecule has 8 nitrogen and oxygen atoms in total. The van der Waals surface area contributed by atoms with Gasteiger partial charge in [-0.2, -0.15) is 0 Å². The number of nitrogens with zero attached hydrogens (tertiary/aromatic N) is 4. The van der Waals surface area contributed by atoms with Crippen molar-refractivity contribution in [2.75, 3.05) is 13.2 Å². The van der Waals surface area contributed by atoms with Crippen molar-refractivity contribution in [2.24, 2.45) is 0 Å². The van der Waals surface area contributed by atoms with Crippen LogP contribution in [-0.4, -0.2) is 45.1 Å². The molecule has 0 bridgehead atoms. The number of rotatable bonds is 40. The second kappa shape index (κ2) is 34.6. The number of unbranched alkanes of at least 4 members (excludes halogenated alkanes) is 26. The number of fused-ring (bicyclic) bond motifs is 5. The number of hydrogen-bond acceptors (Lipinski definition) is 8. The number of benzene rings is 2. The zero-order valence-electron chi connectivity index (χ0n) is 46.3. The van der Waals surface area contributed by atoms with Crippen molar-refractivity contribution in [1.29, 1.82) is 0 Å². The van der Waals surface area contributed by atoms with Gasteiger partial charge in [0.25, 0.3) is 0 Å². The minimum Gasteiger partial charge on any atom is -0.462 e. The molecule has 4 aromatic rings. The minimum absolute atomic E-state index is 0.331. The molecule has 0 aliphatic carbocycles. The molecule has 2 aromatic carbocycles. The number of carbonyl (C=O) groups excluding carboxylic acids is 2. The predicted molar refractivity (Wildman–Crippen MR) is 297 cm³/mol. The van der Waals surface area contributed by atoms with Crippen LogP contribution in [0.4, 0.5) is 0 Å². The fourth-order valence-corrected chi connectivity index (χ4v) is 10.4. The van der Waals surface area contributed by atoms with Crippen molar-refractivity contribution in [3.63, 3.8) is 0 Å². The van der Waals surface area contributed by atoms with Crippen molar-refractivity contribution in [3.8, 4) is 0 Å². The van der Waals surface area contributed by atoms with Crippen LogP contribution in [0.3, 0.4) is 0 Å². The third kappa shape index (κ3) is 18.4. The summed E-state index contributed by atoms with van der Waals surface area (Å²) in [5, 5.41) is 1.24. The Morgan fingerprint density at radius 3 is 0.814 bits per heavy atom. The van der Waals surface area contributed by atoms with E-state index in [4.69, 9.17) is 29.4 Å². The molecule has 4 rings (SSSR count). The fraction of sp³-hybridized carbons (Fsp3) is 0.742. The van der Waals surface area contributed by atoms with Gasteiger partial charge in [-0.1, -0.05) is 208 Å². The maximum Gasteiger partial charge on any atom is 0.339 e. The Morgan fingerprint density at radius 2 is 0.543 bits per heavy atom. The van der Waals surface area contributed by atoms with Gasteiger partial charge >= 0.3 is 11.9 Å². The van der Waals surface area contributed by atoms with E-state index in [0.29, 0.717) is 57.2 Å². The molecular formula is C62H100N4O4. The van der Waals surface area contributed by atoms with Crippen molar-refractivity contribution >= 4 is 44.8 Å². The molecule has 0 unspecified atom stereocenters. The maximum absolute atomic E-state index is 15.0. The van der Waals surface area contributed by atoms with Gasteiger partial charge in [0, 0.05) is 10.8 Å². The lowest BCUT2D eigenvalue weighted by molar-refractivity contribution is 0.0488. The van der Waals surface area contributed by atoms with E-state index in [0.717, 1.165) is 162 Å². The Hall–Kier alpha value is -3.68. The number of aryl methyl sites for hydroxylation is 6. The lowest BCUT2D eigenvalue weighted by Gasteiger charge is -2.21. The summed E-state index contributed by atoms with van der Waals surface area (Å²) in [5.74, 6) is -0.786. The molecule has 0 atom stereocenters. The summed E-state index contributed by atoms with van der Waals surface area (Å²) < 4.78 is 12.5. The van der Waals surface area contributed by atoms with Gasteiger partial charge in [-0.3, -0.25) is 0 Å². The quantitative estimate of drug-likeness (QED) is 0.0247. The van der Waals surface area contributed by atoms with Crippen molar-refractivity contribution < 1.29 is 19.1 Å². The standard InChI is InChI=1S/C62H100N4O4/c1-9-15-21-27-31-35-41-49-51(43-37-33-29-23-17-11-3)65-59-55-54(62(68)70-46-40-26-20-14-6)48(8)58-60(56(55)53(47(7)57(59)63-49)61(67)69-45-39-25-19-13-5)66-52(44-38-34-30-24-18-12-4)50(64-58)42-36-32-28-22-16-10-2/h9-46H2,1-8H3. The molecule has 2 aromatic heterocycles. The van der Waals surface area contributed by atoms with Gasteiger partial charge in [-0.25, -0.2) is 29.5 Å². The van der Waals surface area contributed by atoms with Crippen LogP contribution in [0.2, 0.25) is 0 Å². The Balaban J connectivity index is 2.08. The number of ether oxygens (including phenoxy) is 2. The topological polar surface area (TPSA) is 104 Å². The largest absolute Gasteiger partial charge is 0.462 e. The van der Waals surface area contributed by atoms with Crippen LogP contribution in [0.15, 0.2) is 0 Å². The molecule has 0 aliphatic rings. The number of hydrogen-bond donors (Lipinski definition) is 0. The SMILES string of the molecule is CCCCCCCCc1nc2c(C)c(C(=O)OCCCCCC)c3c4nc(CCCCCCCC)c(CCCCCCCC)nc4c(C)c(C(=O)OCCCCCC)c3c2nc1CCCCCCCC. The van der Waals surface area contributed by atoms with Crippen molar-refractivity contribution in [3.05, 3.63) is 45.0 Å². The summed E-state index contributed by atoms with van der Waals surface area (Å²) in [5.41, 5.74) is 9.12. The summed E-state index contributed by atoms with van der Waals surface area (Å²) in [6.45, 7) is 18.1. The van der Waals surface area contributed by atoms with Crippen LogP contribution in [0.5, 0.6) is 0 Å². The molecule has 8 heteroatoms. The third-order valence-electron chi connectivity index (χ3n) is 14.7. The van der Waals surface area contributed by atoms with Gasteiger partial charge < -0.3 is 9.47 Å². The molecule has 0 N–H and O–H groups in total. The Bertz CT molecular complexity index is 2000.